The Labute approximate surface area is 221 Å². The van der Waals surface area contributed by atoms with E-state index in [2.05, 4.69) is 71.6 Å². The Bertz CT molecular complexity index is 1120. The van der Waals surface area contributed by atoms with Gasteiger partial charge in [0.05, 0.1) is 24.9 Å². The second kappa shape index (κ2) is 11.5. The molecule has 0 aromatic heterocycles. The predicted molar refractivity (Wildman–Crippen MR) is 143 cm³/mol. The van der Waals surface area contributed by atoms with Gasteiger partial charge in [-0.3, -0.25) is 4.79 Å². The number of carbonyl (C=O) groups is 1. The summed E-state index contributed by atoms with van der Waals surface area (Å²) in [6, 6.07) is 16.6. The maximum Gasteiger partial charge on any atom is 0.271 e. The zero-order chi connectivity index (χ0) is 22.4. The van der Waals surface area contributed by atoms with E-state index in [0.717, 1.165) is 22.7 Å². The molecule has 3 aromatic rings. The lowest BCUT2D eigenvalue weighted by atomic mass is 10.2. The van der Waals surface area contributed by atoms with Crippen LogP contribution in [0.4, 0.5) is 0 Å². The van der Waals surface area contributed by atoms with Crippen LogP contribution >= 0.6 is 72.7 Å². The van der Waals surface area contributed by atoms with Gasteiger partial charge in [-0.1, -0.05) is 29.8 Å². The molecule has 0 aliphatic carbocycles. The molecule has 0 radical (unpaired) electrons. The number of amides is 1. The lowest BCUT2D eigenvalue weighted by Gasteiger charge is -2.12. The number of ether oxygens (including phenoxy) is 2. The van der Waals surface area contributed by atoms with Crippen molar-refractivity contribution in [2.24, 2.45) is 5.10 Å². The number of nitrogens with zero attached hydrogens (tertiary/aromatic N) is 1. The minimum atomic E-state index is -0.320. The molecular weight excluding hydrogens is 709 g/mol. The molecule has 0 bridgehead atoms. The molecule has 0 aliphatic rings. The van der Waals surface area contributed by atoms with Crippen molar-refractivity contribution in [2.75, 3.05) is 7.11 Å². The topological polar surface area (TPSA) is 59.9 Å². The Hall–Kier alpha value is -1.37. The van der Waals surface area contributed by atoms with Crippen LogP contribution in [0.3, 0.4) is 0 Å². The summed E-state index contributed by atoms with van der Waals surface area (Å²) in [6.45, 7) is 0.358. The molecule has 0 unspecified atom stereocenters. The third-order valence-corrected chi connectivity index (χ3v) is 6.79. The largest absolute Gasteiger partial charge is 0.496 e. The first-order valence-corrected chi connectivity index (χ1v) is 12.2. The molecule has 5 nitrogen and oxygen atoms in total. The SMILES string of the molecule is COc1cc(C(=O)N/N=C\c2cc(Br)c(OCc3ccccc3Cl)c(I)c2)ccc1I. The first kappa shape index (κ1) is 24.3. The van der Waals surface area contributed by atoms with Crippen LogP contribution in [0.15, 0.2) is 64.2 Å². The number of rotatable bonds is 7. The third kappa shape index (κ3) is 6.56. The maximum absolute atomic E-state index is 12.3. The molecule has 0 fully saturated rings. The van der Waals surface area contributed by atoms with Gasteiger partial charge in [-0.05, 0) is 103 Å². The first-order chi connectivity index (χ1) is 14.9. The summed E-state index contributed by atoms with van der Waals surface area (Å²) in [5.74, 6) is 1.04. The van der Waals surface area contributed by atoms with Crippen LogP contribution in [0.1, 0.15) is 21.5 Å². The molecule has 1 N–H and O–H groups in total. The molecule has 0 saturated heterocycles. The van der Waals surface area contributed by atoms with E-state index in [-0.39, 0.29) is 5.91 Å². The quantitative estimate of drug-likeness (QED) is 0.169. The van der Waals surface area contributed by atoms with E-state index >= 15 is 0 Å². The fraction of sp³-hybridized carbons (Fsp3) is 0.0909. The van der Waals surface area contributed by atoms with E-state index < -0.39 is 0 Å². The Kier molecular flexibility index (Phi) is 8.99. The van der Waals surface area contributed by atoms with Crippen LogP contribution in [-0.2, 0) is 6.61 Å². The number of carbonyl (C=O) groups excluding carboxylic acids is 1. The number of methoxy groups -OCH3 is 1. The van der Waals surface area contributed by atoms with Crippen LogP contribution in [0.5, 0.6) is 11.5 Å². The summed E-state index contributed by atoms with van der Waals surface area (Å²) in [7, 11) is 1.57. The van der Waals surface area contributed by atoms with Crippen molar-refractivity contribution in [1.82, 2.24) is 5.43 Å². The van der Waals surface area contributed by atoms with Gasteiger partial charge in [0.1, 0.15) is 18.1 Å². The van der Waals surface area contributed by atoms with E-state index in [0.29, 0.717) is 28.7 Å². The highest BCUT2D eigenvalue weighted by Crippen LogP contribution is 2.32. The van der Waals surface area contributed by atoms with Gasteiger partial charge < -0.3 is 9.47 Å². The van der Waals surface area contributed by atoms with Crippen molar-refractivity contribution in [1.29, 1.82) is 0 Å². The summed E-state index contributed by atoms with van der Waals surface area (Å²) >= 11 is 14.1. The third-order valence-electron chi connectivity index (χ3n) is 4.14. The van der Waals surface area contributed by atoms with Crippen molar-refractivity contribution in [2.45, 2.75) is 6.61 Å². The van der Waals surface area contributed by atoms with E-state index in [4.69, 9.17) is 21.1 Å². The molecular formula is C22H16BrClI2N2O3. The number of nitrogens with one attached hydrogen (secondary N) is 1. The molecule has 0 spiro atoms. The van der Waals surface area contributed by atoms with E-state index in [1.165, 1.54) is 0 Å². The highest BCUT2D eigenvalue weighted by molar-refractivity contribution is 14.1. The Morgan fingerprint density at radius 3 is 2.65 bits per heavy atom. The number of benzene rings is 3. The minimum Gasteiger partial charge on any atom is -0.496 e. The van der Waals surface area contributed by atoms with Gasteiger partial charge >= 0.3 is 0 Å². The lowest BCUT2D eigenvalue weighted by molar-refractivity contribution is 0.0954. The molecule has 31 heavy (non-hydrogen) atoms. The molecule has 0 heterocycles. The van der Waals surface area contributed by atoms with E-state index in [9.17, 15) is 4.79 Å². The van der Waals surface area contributed by atoms with Gasteiger partial charge in [-0.15, -0.1) is 0 Å². The number of hydrazone groups is 1. The van der Waals surface area contributed by atoms with E-state index in [1.54, 1.807) is 25.5 Å². The molecule has 9 heteroatoms. The zero-order valence-electron chi connectivity index (χ0n) is 16.2. The zero-order valence-corrected chi connectivity index (χ0v) is 22.8. The van der Waals surface area contributed by atoms with Gasteiger partial charge in [0.25, 0.3) is 5.91 Å². The van der Waals surface area contributed by atoms with Gasteiger partial charge in [0.2, 0.25) is 0 Å². The predicted octanol–water partition coefficient (Wildman–Crippen LogP) is 6.66. The summed E-state index contributed by atoms with van der Waals surface area (Å²) in [5, 5.41) is 4.73. The fourth-order valence-corrected chi connectivity index (χ4v) is 5.10. The normalized spacial score (nSPS) is 10.9. The Morgan fingerprint density at radius 1 is 1.16 bits per heavy atom. The Balaban J connectivity index is 1.66. The number of halogens is 4. The maximum atomic E-state index is 12.3. The average Bonchev–Trinajstić information content (AvgIpc) is 2.74. The second-order valence-corrected chi connectivity index (χ2v) is 9.83. The van der Waals surface area contributed by atoms with Gasteiger partial charge in [0, 0.05) is 16.1 Å². The second-order valence-electron chi connectivity index (χ2n) is 6.24. The minimum absolute atomic E-state index is 0.320. The van der Waals surface area contributed by atoms with Crippen LogP contribution in [0, 0.1) is 7.14 Å². The molecule has 3 rings (SSSR count). The van der Waals surface area contributed by atoms with Crippen LogP contribution in [-0.4, -0.2) is 19.2 Å². The summed E-state index contributed by atoms with van der Waals surface area (Å²) in [6.07, 6.45) is 1.58. The van der Waals surface area contributed by atoms with E-state index in [1.807, 2.05) is 42.5 Å². The summed E-state index contributed by atoms with van der Waals surface area (Å²) < 4.78 is 13.8. The fourth-order valence-electron chi connectivity index (χ4n) is 2.59. The van der Waals surface area contributed by atoms with Gasteiger partial charge in [0.15, 0.2) is 0 Å². The number of hydrogen-bond donors (Lipinski definition) is 1. The molecule has 0 saturated carbocycles. The lowest BCUT2D eigenvalue weighted by Crippen LogP contribution is -2.17. The van der Waals surface area contributed by atoms with Crippen molar-refractivity contribution in [3.8, 4) is 11.5 Å². The summed E-state index contributed by atoms with van der Waals surface area (Å²) in [4.78, 5) is 12.3. The molecule has 0 aliphatic heterocycles. The molecule has 3 aromatic carbocycles. The summed E-state index contributed by atoms with van der Waals surface area (Å²) in [5.41, 5.74) is 4.72. The van der Waals surface area contributed by atoms with Crippen LogP contribution in [0.25, 0.3) is 0 Å². The Morgan fingerprint density at radius 2 is 1.94 bits per heavy atom. The van der Waals surface area contributed by atoms with Crippen LogP contribution < -0.4 is 14.9 Å². The highest BCUT2D eigenvalue weighted by atomic mass is 127. The first-order valence-electron chi connectivity index (χ1n) is 8.91. The standard InChI is InChI=1S/C22H16BrClI2N2O3/c1-30-20-10-14(6-7-18(20)25)22(29)28-27-11-13-8-16(23)21(19(26)9-13)31-12-15-4-2-3-5-17(15)24/h2-11H,12H2,1H3,(H,28,29)/b27-11-. The van der Waals surface area contributed by atoms with Crippen molar-refractivity contribution in [3.05, 3.63) is 87.9 Å². The van der Waals surface area contributed by atoms with Crippen molar-refractivity contribution in [3.63, 3.8) is 0 Å². The van der Waals surface area contributed by atoms with Crippen LogP contribution in [0.2, 0.25) is 5.02 Å². The smallest absolute Gasteiger partial charge is 0.271 e. The molecule has 0 atom stereocenters. The van der Waals surface area contributed by atoms with Crippen molar-refractivity contribution < 1.29 is 14.3 Å². The van der Waals surface area contributed by atoms with Gasteiger partial charge in [-0.25, -0.2) is 5.43 Å². The monoisotopic (exact) mass is 724 g/mol. The van der Waals surface area contributed by atoms with Crippen molar-refractivity contribution >= 4 is 84.8 Å². The highest BCUT2D eigenvalue weighted by Gasteiger charge is 2.11. The number of hydrogen-bond acceptors (Lipinski definition) is 4. The van der Waals surface area contributed by atoms with Gasteiger partial charge in [-0.2, -0.15) is 5.10 Å². The average molecular weight is 726 g/mol. The molecule has 160 valence electrons. The molecule has 1 amide bonds.